The fourth-order valence-electron chi connectivity index (χ4n) is 6.06. The lowest BCUT2D eigenvalue weighted by molar-refractivity contribution is -0.161. The Morgan fingerprint density at radius 3 is 1.55 bits per heavy atom. The maximum Gasteiger partial charge on any atom is 0.320 e. The molecule has 0 aromatic heterocycles. The SMILES string of the molecule is O=C1OC(=O)[C@H]2[C@H]1C1C(c3ccccc3)=C(c3ccccc3)C2(O)[C@H]2C(=O)OC(=O)[C@H]12. The zero-order chi connectivity index (χ0) is 21.5. The van der Waals surface area contributed by atoms with Crippen LogP contribution in [0.15, 0.2) is 60.7 Å². The van der Waals surface area contributed by atoms with Crippen molar-refractivity contribution in [2.24, 2.45) is 29.6 Å². The lowest BCUT2D eigenvalue weighted by atomic mass is 9.45. The van der Waals surface area contributed by atoms with E-state index in [2.05, 4.69) is 0 Å². The van der Waals surface area contributed by atoms with Gasteiger partial charge in [-0.2, -0.15) is 0 Å². The average Bonchev–Trinajstić information content (AvgIpc) is 3.25. The van der Waals surface area contributed by atoms with Crippen LogP contribution in [-0.4, -0.2) is 34.6 Å². The highest BCUT2D eigenvalue weighted by Gasteiger charge is 2.77. The first-order valence-electron chi connectivity index (χ1n) is 10.0. The van der Waals surface area contributed by atoms with Crippen molar-refractivity contribution in [3.8, 4) is 0 Å². The molecule has 154 valence electrons. The lowest BCUT2D eigenvalue weighted by Gasteiger charge is -2.54. The minimum Gasteiger partial charge on any atom is -0.393 e. The second kappa shape index (κ2) is 5.98. The molecule has 3 aliphatic carbocycles. The predicted octanol–water partition coefficient (Wildman–Crippen LogP) is 1.60. The predicted molar refractivity (Wildman–Crippen MR) is 104 cm³/mol. The summed E-state index contributed by atoms with van der Waals surface area (Å²) in [4.78, 5) is 51.0. The summed E-state index contributed by atoms with van der Waals surface area (Å²) < 4.78 is 9.86. The molecule has 2 heterocycles. The molecular weight excluding hydrogens is 400 g/mol. The van der Waals surface area contributed by atoms with E-state index < -0.39 is 59.1 Å². The maximum absolute atomic E-state index is 12.7. The number of carbonyl (C=O) groups is 4. The number of benzene rings is 2. The van der Waals surface area contributed by atoms with Crippen LogP contribution in [0.3, 0.4) is 0 Å². The highest BCUT2D eigenvalue weighted by Crippen LogP contribution is 2.67. The van der Waals surface area contributed by atoms with Gasteiger partial charge in [-0.25, -0.2) is 0 Å². The third-order valence-corrected chi connectivity index (χ3v) is 7.05. The van der Waals surface area contributed by atoms with Crippen molar-refractivity contribution in [2.75, 3.05) is 0 Å². The molecule has 3 fully saturated rings. The van der Waals surface area contributed by atoms with Crippen molar-refractivity contribution in [3.63, 3.8) is 0 Å². The fourth-order valence-corrected chi connectivity index (χ4v) is 6.06. The standard InChI is InChI=1S/C24H16O7/c25-20-15-14-13(11-7-3-1-4-8-11)17(12-9-5-2-6-10-12)24(29,18(15)22(27)30-20)19-16(14)21(26)31-23(19)28/h1-10,14-16,18-19,29H/t14?,15-,16-,18-,19-,24?/m1/s1. The van der Waals surface area contributed by atoms with Gasteiger partial charge in [0.25, 0.3) is 0 Å². The summed E-state index contributed by atoms with van der Waals surface area (Å²) in [6.45, 7) is 0. The number of aliphatic hydroxyl groups is 1. The molecule has 0 amide bonds. The van der Waals surface area contributed by atoms with Crippen LogP contribution in [0.5, 0.6) is 0 Å². The number of rotatable bonds is 2. The molecule has 2 aromatic carbocycles. The van der Waals surface area contributed by atoms with Crippen LogP contribution >= 0.6 is 0 Å². The summed E-state index contributed by atoms with van der Waals surface area (Å²) in [5.41, 5.74) is 0.106. The lowest BCUT2D eigenvalue weighted by Crippen LogP contribution is -2.64. The minimum absolute atomic E-state index is 0.366. The van der Waals surface area contributed by atoms with Gasteiger partial charge in [0.15, 0.2) is 0 Å². The average molecular weight is 416 g/mol. The molecule has 0 spiro atoms. The monoisotopic (exact) mass is 416 g/mol. The van der Waals surface area contributed by atoms with Crippen molar-refractivity contribution in [3.05, 3.63) is 71.8 Å². The Kier molecular flexibility index (Phi) is 3.51. The summed E-state index contributed by atoms with van der Waals surface area (Å²) in [6, 6.07) is 18.0. The second-order valence-corrected chi connectivity index (χ2v) is 8.36. The van der Waals surface area contributed by atoms with Crippen LogP contribution < -0.4 is 0 Å². The van der Waals surface area contributed by atoms with E-state index in [-0.39, 0.29) is 0 Å². The summed E-state index contributed by atoms with van der Waals surface area (Å²) in [6.07, 6.45) is 0. The van der Waals surface area contributed by atoms with Gasteiger partial charge >= 0.3 is 23.9 Å². The van der Waals surface area contributed by atoms with Crippen LogP contribution in [-0.2, 0) is 28.7 Å². The van der Waals surface area contributed by atoms with Gasteiger partial charge in [0, 0.05) is 5.92 Å². The molecule has 2 aromatic rings. The molecule has 2 aliphatic heterocycles. The fraction of sp³-hybridized carbons (Fsp3) is 0.250. The molecular formula is C24H16O7. The van der Waals surface area contributed by atoms with Gasteiger partial charge in [0.05, 0.1) is 11.8 Å². The number of ether oxygens (including phenoxy) is 2. The Morgan fingerprint density at radius 2 is 1.06 bits per heavy atom. The van der Waals surface area contributed by atoms with E-state index in [1.165, 1.54) is 0 Å². The number of esters is 4. The molecule has 1 saturated carbocycles. The minimum atomic E-state index is -2.12. The van der Waals surface area contributed by atoms with Gasteiger partial charge in [0.1, 0.15) is 17.4 Å². The van der Waals surface area contributed by atoms with E-state index in [0.717, 1.165) is 0 Å². The van der Waals surface area contributed by atoms with Gasteiger partial charge in [-0.3, -0.25) is 19.2 Å². The topological polar surface area (TPSA) is 107 Å². The van der Waals surface area contributed by atoms with Crippen molar-refractivity contribution in [2.45, 2.75) is 5.60 Å². The Balaban J connectivity index is 1.76. The van der Waals surface area contributed by atoms with Crippen LogP contribution in [0, 0.1) is 29.6 Å². The smallest absolute Gasteiger partial charge is 0.320 e. The largest absolute Gasteiger partial charge is 0.393 e. The number of allylic oxidation sites excluding steroid dienone is 1. The van der Waals surface area contributed by atoms with Crippen molar-refractivity contribution in [1.82, 2.24) is 0 Å². The number of hydrogen-bond donors (Lipinski definition) is 1. The highest BCUT2D eigenvalue weighted by atomic mass is 16.6. The second-order valence-electron chi connectivity index (χ2n) is 8.36. The summed E-state index contributed by atoms with van der Waals surface area (Å²) >= 11 is 0. The highest BCUT2D eigenvalue weighted by molar-refractivity contribution is 6.13. The third kappa shape index (κ3) is 2.11. The first kappa shape index (κ1) is 18.2. The number of cyclic esters (lactones) is 4. The van der Waals surface area contributed by atoms with Gasteiger partial charge in [-0.15, -0.1) is 0 Å². The van der Waals surface area contributed by atoms with Crippen LogP contribution in [0.25, 0.3) is 11.1 Å². The maximum atomic E-state index is 12.7. The van der Waals surface area contributed by atoms with E-state index >= 15 is 0 Å². The van der Waals surface area contributed by atoms with Gasteiger partial charge < -0.3 is 14.6 Å². The Hall–Kier alpha value is -3.58. The molecule has 31 heavy (non-hydrogen) atoms. The van der Waals surface area contributed by atoms with Crippen LogP contribution in [0.2, 0.25) is 0 Å². The zero-order valence-corrected chi connectivity index (χ0v) is 16.1. The number of carbonyl (C=O) groups excluding carboxylic acids is 4. The molecule has 0 unspecified atom stereocenters. The molecule has 0 radical (unpaired) electrons. The molecule has 5 aliphatic rings. The van der Waals surface area contributed by atoms with Crippen molar-refractivity contribution >= 4 is 35.0 Å². The molecule has 7 heteroatoms. The Morgan fingerprint density at radius 1 is 0.613 bits per heavy atom. The van der Waals surface area contributed by atoms with Gasteiger partial charge in [-0.1, -0.05) is 60.7 Å². The Bertz CT molecular complexity index is 1150. The third-order valence-electron chi connectivity index (χ3n) is 7.05. The molecule has 7 rings (SSSR count). The van der Waals surface area contributed by atoms with E-state index in [4.69, 9.17) is 9.47 Å². The molecule has 7 nitrogen and oxygen atoms in total. The summed E-state index contributed by atoms with van der Waals surface area (Å²) in [5, 5.41) is 12.2. The Labute approximate surface area is 176 Å². The van der Waals surface area contributed by atoms with Gasteiger partial charge in [-0.05, 0) is 22.3 Å². The molecule has 2 bridgehead atoms. The van der Waals surface area contributed by atoms with Gasteiger partial charge in [0.2, 0.25) is 0 Å². The number of hydrogen-bond acceptors (Lipinski definition) is 7. The van der Waals surface area contributed by atoms with Crippen LogP contribution in [0.1, 0.15) is 11.1 Å². The van der Waals surface area contributed by atoms with E-state index in [0.29, 0.717) is 22.3 Å². The van der Waals surface area contributed by atoms with E-state index in [1.807, 2.05) is 36.4 Å². The van der Waals surface area contributed by atoms with Crippen molar-refractivity contribution < 1.29 is 33.8 Å². The first-order valence-corrected chi connectivity index (χ1v) is 10.0. The molecule has 4 atom stereocenters. The van der Waals surface area contributed by atoms with E-state index in [1.54, 1.807) is 24.3 Å². The quantitative estimate of drug-likeness (QED) is 0.585. The molecule has 2 saturated heterocycles. The summed E-state index contributed by atoms with van der Waals surface area (Å²) in [7, 11) is 0. The van der Waals surface area contributed by atoms with Crippen molar-refractivity contribution in [1.29, 1.82) is 0 Å². The zero-order valence-electron chi connectivity index (χ0n) is 16.1. The van der Waals surface area contributed by atoms with Crippen LogP contribution in [0.4, 0.5) is 0 Å². The first-order chi connectivity index (χ1) is 14.9. The van der Waals surface area contributed by atoms with E-state index in [9.17, 15) is 24.3 Å². The summed E-state index contributed by atoms with van der Waals surface area (Å²) in [5.74, 6) is -8.88. The molecule has 1 N–H and O–H groups in total. The normalized spacial score (nSPS) is 35.7.